The fourth-order valence-corrected chi connectivity index (χ4v) is 2.63. The Morgan fingerprint density at radius 1 is 1.21 bits per heavy atom. The van der Waals surface area contributed by atoms with Gasteiger partial charge in [0.25, 0.3) is 0 Å². The summed E-state index contributed by atoms with van der Waals surface area (Å²) in [4.78, 5) is 10.4. The summed E-state index contributed by atoms with van der Waals surface area (Å²) in [6.45, 7) is 5.19. The summed E-state index contributed by atoms with van der Waals surface area (Å²) in [5.41, 5.74) is 3.19. The second-order valence-electron chi connectivity index (χ2n) is 6.73. The van der Waals surface area contributed by atoms with Gasteiger partial charge in [-0.25, -0.2) is 9.97 Å². The van der Waals surface area contributed by atoms with Crippen LogP contribution in [0.4, 0.5) is 11.6 Å². The van der Waals surface area contributed by atoms with Crippen LogP contribution in [0.5, 0.6) is 5.75 Å². The number of benzene rings is 1. The Labute approximate surface area is 164 Å². The van der Waals surface area contributed by atoms with Crippen LogP contribution in [-0.2, 0) is 6.54 Å². The first-order valence-corrected chi connectivity index (χ1v) is 8.92. The quantitative estimate of drug-likeness (QED) is 0.651. The van der Waals surface area contributed by atoms with Gasteiger partial charge in [-0.1, -0.05) is 6.07 Å². The summed E-state index contributed by atoms with van der Waals surface area (Å²) in [7, 11) is 3.76. The zero-order valence-electron chi connectivity index (χ0n) is 16.4. The van der Waals surface area contributed by atoms with Gasteiger partial charge in [-0.2, -0.15) is 10.4 Å². The molecular weight excluding hydrogens is 354 g/mol. The molecule has 0 radical (unpaired) electrons. The van der Waals surface area contributed by atoms with Gasteiger partial charge >= 0.3 is 0 Å². The van der Waals surface area contributed by atoms with Crippen molar-refractivity contribution < 1.29 is 4.74 Å². The Bertz CT molecular complexity index is 973. The maximum Gasteiger partial charge on any atom is 0.158 e. The smallest absolute Gasteiger partial charge is 0.158 e. The van der Waals surface area contributed by atoms with Gasteiger partial charge in [0.05, 0.1) is 25.2 Å². The zero-order valence-corrected chi connectivity index (χ0v) is 16.4. The summed E-state index contributed by atoms with van der Waals surface area (Å²) in [5, 5.41) is 19.1. The summed E-state index contributed by atoms with van der Waals surface area (Å²) in [6, 6.07) is 10.5. The number of hydrogen-bond acceptors (Lipinski definition) is 7. The summed E-state index contributed by atoms with van der Waals surface area (Å²) in [5.74, 6) is 1.89. The van der Waals surface area contributed by atoms with E-state index in [1.165, 1.54) is 18.0 Å². The van der Waals surface area contributed by atoms with Crippen LogP contribution in [0.2, 0.25) is 0 Å². The number of H-pyrrole nitrogens is 1. The number of ether oxygens (including phenoxy) is 1. The van der Waals surface area contributed by atoms with E-state index in [1.807, 2.05) is 24.3 Å². The zero-order chi connectivity index (χ0) is 20.1. The van der Waals surface area contributed by atoms with Crippen molar-refractivity contribution in [1.82, 2.24) is 25.1 Å². The first-order valence-electron chi connectivity index (χ1n) is 8.92. The third kappa shape index (κ3) is 4.45. The number of aromatic amines is 1. The lowest BCUT2D eigenvalue weighted by Gasteiger charge is -2.21. The van der Waals surface area contributed by atoms with Gasteiger partial charge < -0.3 is 10.1 Å². The standard InChI is InChI=1S/C20H23N7O/c1-13(2)27(3)12-14-5-6-16(18(7-14)28-4)17-8-19(26-25-17)24-20-11-22-15(9-21)10-23-20/h5-8,10-11,13H,12H2,1-4H3,(H2,23,24,25,26). The minimum absolute atomic E-state index is 0.265. The molecule has 0 aliphatic heterocycles. The second kappa shape index (κ2) is 8.50. The van der Waals surface area contributed by atoms with Crippen LogP contribution in [0.3, 0.4) is 0 Å². The van der Waals surface area contributed by atoms with Crippen LogP contribution in [-0.4, -0.2) is 45.3 Å². The molecule has 8 nitrogen and oxygen atoms in total. The van der Waals surface area contributed by atoms with Crippen LogP contribution in [0, 0.1) is 11.3 Å². The Kier molecular flexibility index (Phi) is 5.87. The predicted octanol–water partition coefficient (Wildman–Crippen LogP) is 3.33. The van der Waals surface area contributed by atoms with Crippen molar-refractivity contribution in [2.45, 2.75) is 26.4 Å². The van der Waals surface area contributed by atoms with E-state index in [9.17, 15) is 0 Å². The molecule has 144 valence electrons. The second-order valence-corrected chi connectivity index (χ2v) is 6.73. The molecule has 2 N–H and O–H groups in total. The van der Waals surface area contributed by atoms with Gasteiger partial charge in [0.1, 0.15) is 17.6 Å². The normalized spacial score (nSPS) is 10.9. The van der Waals surface area contributed by atoms with Crippen molar-refractivity contribution in [3.05, 3.63) is 47.9 Å². The number of nitrogens with one attached hydrogen (secondary N) is 2. The Morgan fingerprint density at radius 3 is 2.68 bits per heavy atom. The van der Waals surface area contributed by atoms with E-state index in [2.05, 4.69) is 57.3 Å². The van der Waals surface area contributed by atoms with Crippen molar-refractivity contribution in [1.29, 1.82) is 5.26 Å². The van der Waals surface area contributed by atoms with Gasteiger partial charge in [0.2, 0.25) is 0 Å². The molecule has 1 aromatic carbocycles. The highest BCUT2D eigenvalue weighted by Gasteiger charge is 2.12. The Hall–Kier alpha value is -3.44. The van der Waals surface area contributed by atoms with E-state index in [0.29, 0.717) is 17.7 Å². The molecule has 0 saturated carbocycles. The molecule has 28 heavy (non-hydrogen) atoms. The van der Waals surface area contributed by atoms with Gasteiger partial charge in [-0.05, 0) is 38.6 Å². The van der Waals surface area contributed by atoms with Crippen molar-refractivity contribution in [2.75, 3.05) is 19.5 Å². The van der Waals surface area contributed by atoms with Crippen molar-refractivity contribution >= 4 is 11.6 Å². The molecule has 3 rings (SSSR count). The van der Waals surface area contributed by atoms with Gasteiger partial charge in [-0.15, -0.1) is 0 Å². The molecule has 0 bridgehead atoms. The molecule has 0 amide bonds. The van der Waals surface area contributed by atoms with Crippen LogP contribution in [0.25, 0.3) is 11.3 Å². The number of aromatic nitrogens is 4. The molecule has 3 aromatic rings. The van der Waals surface area contributed by atoms with E-state index in [0.717, 1.165) is 23.6 Å². The fourth-order valence-electron chi connectivity index (χ4n) is 2.63. The largest absolute Gasteiger partial charge is 0.496 e. The highest BCUT2D eigenvalue weighted by Crippen LogP contribution is 2.31. The topological polar surface area (TPSA) is 103 Å². The van der Waals surface area contributed by atoms with E-state index < -0.39 is 0 Å². The lowest BCUT2D eigenvalue weighted by atomic mass is 10.1. The van der Waals surface area contributed by atoms with Crippen LogP contribution in [0.1, 0.15) is 25.1 Å². The SMILES string of the molecule is COc1cc(CN(C)C(C)C)ccc1-c1cc(Nc2cnc(C#N)cn2)n[nH]1. The van der Waals surface area contributed by atoms with E-state index >= 15 is 0 Å². The minimum Gasteiger partial charge on any atom is -0.496 e. The first-order chi connectivity index (χ1) is 13.5. The van der Waals surface area contributed by atoms with Gasteiger partial charge in [-0.3, -0.25) is 10.00 Å². The number of methoxy groups -OCH3 is 1. The number of nitrogens with zero attached hydrogens (tertiary/aromatic N) is 5. The molecule has 0 fully saturated rings. The van der Waals surface area contributed by atoms with E-state index in [-0.39, 0.29) is 5.69 Å². The molecule has 2 aromatic heterocycles. The lowest BCUT2D eigenvalue weighted by molar-refractivity contribution is 0.265. The maximum atomic E-state index is 8.79. The number of hydrogen-bond donors (Lipinski definition) is 2. The Morgan fingerprint density at radius 2 is 2.04 bits per heavy atom. The minimum atomic E-state index is 0.265. The average Bonchev–Trinajstić information content (AvgIpc) is 3.16. The monoisotopic (exact) mass is 377 g/mol. The highest BCUT2D eigenvalue weighted by atomic mass is 16.5. The third-order valence-electron chi connectivity index (χ3n) is 4.47. The number of anilines is 2. The molecule has 2 heterocycles. The van der Waals surface area contributed by atoms with Crippen molar-refractivity contribution in [2.24, 2.45) is 0 Å². The van der Waals surface area contributed by atoms with Crippen LogP contribution in [0.15, 0.2) is 36.7 Å². The molecule has 0 aliphatic rings. The molecule has 8 heteroatoms. The van der Waals surface area contributed by atoms with Gasteiger partial charge in [0.15, 0.2) is 11.5 Å². The molecule has 0 aliphatic carbocycles. The van der Waals surface area contributed by atoms with E-state index in [1.54, 1.807) is 7.11 Å². The summed E-state index contributed by atoms with van der Waals surface area (Å²) < 4.78 is 5.60. The average molecular weight is 377 g/mol. The molecule has 0 unspecified atom stereocenters. The molecule has 0 atom stereocenters. The maximum absolute atomic E-state index is 8.79. The predicted molar refractivity (Wildman–Crippen MR) is 107 cm³/mol. The third-order valence-corrected chi connectivity index (χ3v) is 4.47. The Balaban J connectivity index is 1.78. The fraction of sp³-hybridized carbons (Fsp3) is 0.300. The molecular formula is C20H23N7O. The summed E-state index contributed by atoms with van der Waals surface area (Å²) >= 11 is 0. The van der Waals surface area contributed by atoms with Crippen LogP contribution < -0.4 is 10.1 Å². The van der Waals surface area contributed by atoms with Crippen molar-refractivity contribution in [3.63, 3.8) is 0 Å². The summed E-state index contributed by atoms with van der Waals surface area (Å²) in [6.07, 6.45) is 2.90. The lowest BCUT2D eigenvalue weighted by Crippen LogP contribution is -2.25. The molecule has 0 saturated heterocycles. The van der Waals surface area contributed by atoms with Gasteiger partial charge in [0, 0.05) is 24.2 Å². The number of rotatable bonds is 7. The van der Waals surface area contributed by atoms with Crippen LogP contribution >= 0.6 is 0 Å². The molecule has 0 spiro atoms. The number of nitriles is 1. The first kappa shape index (κ1) is 19.3. The highest BCUT2D eigenvalue weighted by molar-refractivity contribution is 5.71. The van der Waals surface area contributed by atoms with E-state index in [4.69, 9.17) is 10.00 Å². The van der Waals surface area contributed by atoms with Crippen molar-refractivity contribution in [3.8, 4) is 23.1 Å².